The Morgan fingerprint density at radius 2 is 1.90 bits per heavy atom. The van der Waals surface area contributed by atoms with Crippen LogP contribution < -0.4 is 5.69 Å². The molecule has 0 amide bonds. The van der Waals surface area contributed by atoms with Gasteiger partial charge < -0.3 is 5.11 Å². The third kappa shape index (κ3) is 3.20. The molecule has 20 heavy (non-hydrogen) atoms. The number of rotatable bonds is 6. The molecule has 0 saturated heterocycles. The third-order valence-electron chi connectivity index (χ3n) is 3.42. The molecule has 1 aromatic heterocycles. The molecule has 0 saturated carbocycles. The van der Waals surface area contributed by atoms with Crippen molar-refractivity contribution in [3.05, 3.63) is 57.8 Å². The predicted octanol–water partition coefficient (Wildman–Crippen LogP) is 1.95. The highest BCUT2D eigenvalue weighted by molar-refractivity contribution is 5.21. The molecule has 0 fully saturated rings. The van der Waals surface area contributed by atoms with Crippen molar-refractivity contribution in [1.82, 2.24) is 9.13 Å². The van der Waals surface area contributed by atoms with E-state index in [1.807, 2.05) is 32.2 Å². The van der Waals surface area contributed by atoms with Crippen molar-refractivity contribution in [3.8, 4) is 0 Å². The molecule has 2 rings (SSSR count). The summed E-state index contributed by atoms with van der Waals surface area (Å²) in [6, 6.07) is 8.20. The molecule has 0 radical (unpaired) electrons. The van der Waals surface area contributed by atoms with Gasteiger partial charge >= 0.3 is 5.69 Å². The number of aryl methyl sites for hydroxylation is 1. The summed E-state index contributed by atoms with van der Waals surface area (Å²) in [5, 5.41) is 9.11. The first kappa shape index (κ1) is 14.6. The summed E-state index contributed by atoms with van der Waals surface area (Å²) in [4.78, 5) is 12.4. The minimum absolute atomic E-state index is 0.0101. The molecule has 0 unspecified atom stereocenters. The highest BCUT2D eigenvalue weighted by Crippen LogP contribution is 2.07. The number of imidazole rings is 1. The van der Waals surface area contributed by atoms with Gasteiger partial charge in [0.05, 0.1) is 6.54 Å². The Labute approximate surface area is 119 Å². The van der Waals surface area contributed by atoms with Crippen LogP contribution in [0.15, 0.2) is 35.3 Å². The van der Waals surface area contributed by atoms with Gasteiger partial charge in [-0.15, -0.1) is 0 Å². The normalized spacial score (nSPS) is 10.9. The first-order valence-electron chi connectivity index (χ1n) is 7.11. The number of nitrogens with zero attached hydrogens (tertiary/aromatic N) is 2. The van der Waals surface area contributed by atoms with Crippen LogP contribution in [-0.2, 0) is 19.5 Å². The lowest BCUT2D eigenvalue weighted by atomic mass is 10.1. The smallest absolute Gasteiger partial charge is 0.328 e. The third-order valence-corrected chi connectivity index (χ3v) is 3.42. The maximum absolute atomic E-state index is 12.4. The molecule has 4 heteroatoms. The number of aromatic nitrogens is 2. The van der Waals surface area contributed by atoms with E-state index in [4.69, 9.17) is 5.11 Å². The quantitative estimate of drug-likeness (QED) is 0.875. The second-order valence-corrected chi connectivity index (χ2v) is 5.14. The van der Waals surface area contributed by atoms with Crippen LogP contribution in [0.2, 0.25) is 0 Å². The van der Waals surface area contributed by atoms with Crippen molar-refractivity contribution in [2.45, 2.75) is 39.8 Å². The zero-order valence-corrected chi connectivity index (χ0v) is 12.2. The Balaban J connectivity index is 2.29. The lowest BCUT2D eigenvalue weighted by Crippen LogP contribution is -2.25. The van der Waals surface area contributed by atoms with Crippen molar-refractivity contribution in [3.63, 3.8) is 0 Å². The maximum atomic E-state index is 12.4. The van der Waals surface area contributed by atoms with E-state index in [0.717, 1.165) is 17.7 Å². The van der Waals surface area contributed by atoms with Gasteiger partial charge in [-0.25, -0.2) is 4.79 Å². The molecule has 1 N–H and O–H groups in total. The Morgan fingerprint density at radius 3 is 2.50 bits per heavy atom. The first-order chi connectivity index (χ1) is 9.65. The van der Waals surface area contributed by atoms with E-state index < -0.39 is 0 Å². The van der Waals surface area contributed by atoms with Gasteiger partial charge in [-0.05, 0) is 18.9 Å². The van der Waals surface area contributed by atoms with Crippen molar-refractivity contribution >= 4 is 0 Å². The van der Waals surface area contributed by atoms with E-state index in [2.05, 4.69) is 12.1 Å². The van der Waals surface area contributed by atoms with E-state index >= 15 is 0 Å². The highest BCUT2D eigenvalue weighted by Gasteiger charge is 2.10. The summed E-state index contributed by atoms with van der Waals surface area (Å²) < 4.78 is 3.50. The molecule has 0 bridgehead atoms. The molecule has 0 aliphatic rings. The van der Waals surface area contributed by atoms with Crippen molar-refractivity contribution in [2.24, 2.45) is 0 Å². The molecule has 0 spiro atoms. The highest BCUT2D eigenvalue weighted by atomic mass is 16.3. The van der Waals surface area contributed by atoms with Gasteiger partial charge in [0, 0.05) is 31.5 Å². The van der Waals surface area contributed by atoms with Gasteiger partial charge in [0.15, 0.2) is 0 Å². The van der Waals surface area contributed by atoms with E-state index in [1.54, 1.807) is 9.13 Å². The predicted molar refractivity (Wildman–Crippen MR) is 80.1 cm³/mol. The molecular weight excluding hydrogens is 252 g/mol. The van der Waals surface area contributed by atoms with Crippen molar-refractivity contribution in [2.75, 3.05) is 6.61 Å². The van der Waals surface area contributed by atoms with Crippen LogP contribution in [0.5, 0.6) is 0 Å². The Kier molecular flexibility index (Phi) is 4.79. The van der Waals surface area contributed by atoms with Crippen LogP contribution in [-0.4, -0.2) is 20.8 Å². The fourth-order valence-corrected chi connectivity index (χ4v) is 2.36. The SMILES string of the molecule is CCCn1c(CCO)cn(Cc2ccc(C)cc2)c1=O. The minimum atomic E-state index is 0.0101. The number of aliphatic hydroxyl groups excluding tert-OH is 1. The Hall–Kier alpha value is -1.81. The van der Waals surface area contributed by atoms with Crippen LogP contribution in [0, 0.1) is 6.92 Å². The van der Waals surface area contributed by atoms with Crippen LogP contribution in [0.4, 0.5) is 0 Å². The van der Waals surface area contributed by atoms with Crippen LogP contribution in [0.1, 0.15) is 30.2 Å². The monoisotopic (exact) mass is 274 g/mol. The number of aliphatic hydroxyl groups is 1. The van der Waals surface area contributed by atoms with Crippen LogP contribution in [0.25, 0.3) is 0 Å². The largest absolute Gasteiger partial charge is 0.396 e. The average Bonchev–Trinajstić information content (AvgIpc) is 2.71. The minimum Gasteiger partial charge on any atom is -0.396 e. The fourth-order valence-electron chi connectivity index (χ4n) is 2.36. The van der Waals surface area contributed by atoms with E-state index in [-0.39, 0.29) is 12.3 Å². The van der Waals surface area contributed by atoms with Crippen molar-refractivity contribution < 1.29 is 5.11 Å². The summed E-state index contributed by atoms with van der Waals surface area (Å²) in [7, 11) is 0. The molecular formula is C16H22N2O2. The number of hydrogen-bond acceptors (Lipinski definition) is 2. The van der Waals surface area contributed by atoms with Gasteiger partial charge in [-0.3, -0.25) is 9.13 Å². The van der Waals surface area contributed by atoms with Crippen molar-refractivity contribution in [1.29, 1.82) is 0 Å². The van der Waals surface area contributed by atoms with Gasteiger partial charge in [0.1, 0.15) is 0 Å². The standard InChI is InChI=1S/C16H22N2O2/c1-3-9-18-15(8-10-19)12-17(16(18)20)11-14-6-4-13(2)5-7-14/h4-7,12,19H,3,8-11H2,1-2H3. The fraction of sp³-hybridized carbons (Fsp3) is 0.438. The molecule has 108 valence electrons. The van der Waals surface area contributed by atoms with Gasteiger partial charge in [-0.1, -0.05) is 36.8 Å². The summed E-state index contributed by atoms with van der Waals surface area (Å²) in [5.41, 5.74) is 3.25. The molecule has 1 aromatic carbocycles. The Bertz CT molecular complexity index is 608. The van der Waals surface area contributed by atoms with E-state index in [0.29, 0.717) is 19.5 Å². The summed E-state index contributed by atoms with van der Waals surface area (Å²) in [5.74, 6) is 0. The maximum Gasteiger partial charge on any atom is 0.328 e. The molecule has 2 aromatic rings. The molecule has 0 atom stereocenters. The second-order valence-electron chi connectivity index (χ2n) is 5.14. The van der Waals surface area contributed by atoms with Crippen LogP contribution >= 0.6 is 0 Å². The molecule has 0 aliphatic carbocycles. The molecule has 1 heterocycles. The topological polar surface area (TPSA) is 47.2 Å². The van der Waals surface area contributed by atoms with E-state index in [9.17, 15) is 4.79 Å². The molecule has 4 nitrogen and oxygen atoms in total. The van der Waals surface area contributed by atoms with E-state index in [1.165, 1.54) is 5.56 Å². The number of hydrogen-bond donors (Lipinski definition) is 1. The van der Waals surface area contributed by atoms with Gasteiger partial charge in [0.2, 0.25) is 0 Å². The van der Waals surface area contributed by atoms with Gasteiger partial charge in [0.25, 0.3) is 0 Å². The van der Waals surface area contributed by atoms with Gasteiger partial charge in [-0.2, -0.15) is 0 Å². The zero-order chi connectivity index (χ0) is 14.5. The summed E-state index contributed by atoms with van der Waals surface area (Å²) in [6.07, 6.45) is 3.30. The summed E-state index contributed by atoms with van der Waals surface area (Å²) in [6.45, 7) is 5.44. The lowest BCUT2D eigenvalue weighted by molar-refractivity contribution is 0.296. The Morgan fingerprint density at radius 1 is 1.20 bits per heavy atom. The van der Waals surface area contributed by atoms with Crippen LogP contribution in [0.3, 0.4) is 0 Å². The number of benzene rings is 1. The summed E-state index contributed by atoms with van der Waals surface area (Å²) >= 11 is 0. The molecule has 0 aliphatic heterocycles. The second kappa shape index (κ2) is 6.57. The average molecular weight is 274 g/mol. The lowest BCUT2D eigenvalue weighted by Gasteiger charge is -2.03. The first-order valence-corrected chi connectivity index (χ1v) is 7.11. The zero-order valence-electron chi connectivity index (χ0n) is 12.2.